The first-order chi connectivity index (χ1) is 15.8. The lowest BCUT2D eigenvalue weighted by atomic mass is 10.0. The number of aliphatic imine (C=N–C) groups is 1. The van der Waals surface area contributed by atoms with Crippen molar-refractivity contribution in [3.8, 4) is 0 Å². The van der Waals surface area contributed by atoms with E-state index in [1.807, 2.05) is 0 Å². The zero-order valence-corrected chi connectivity index (χ0v) is 20.2. The SMILES string of the molecule is CC(C)C(NC(=O)C(CCCN=C(N)N)NC(=O)C(N)CS)C(=O)NC(CCC(N)=O)C(=O)O. The standard InChI is InChI=1S/C19H36N8O6S/c1-9(2)14(17(31)26-12(18(32)33)5-6-13(21)28)27-16(30)11(4-3-7-24-19(22)23)25-15(29)10(20)8-34/h9-12,14,34H,3-8,20H2,1-2H3,(H2,21,28)(H,25,29)(H,26,31)(H,27,30)(H,32,33)(H4,22,23,24). The molecule has 0 aliphatic carbocycles. The van der Waals surface area contributed by atoms with Crippen LogP contribution in [-0.4, -0.2) is 77.1 Å². The number of nitrogens with two attached hydrogens (primary N) is 4. The van der Waals surface area contributed by atoms with Crippen LogP contribution in [0.5, 0.6) is 0 Å². The molecule has 0 aromatic heterocycles. The summed E-state index contributed by atoms with van der Waals surface area (Å²) in [5.74, 6) is -4.63. The van der Waals surface area contributed by atoms with Gasteiger partial charge in [-0.05, 0) is 25.2 Å². The number of thiol groups is 1. The highest BCUT2D eigenvalue weighted by Gasteiger charge is 2.31. The van der Waals surface area contributed by atoms with Gasteiger partial charge < -0.3 is 44.0 Å². The Morgan fingerprint density at radius 2 is 1.50 bits per heavy atom. The van der Waals surface area contributed by atoms with E-state index in [0.717, 1.165) is 0 Å². The number of rotatable bonds is 16. The third-order valence-corrected chi connectivity index (χ3v) is 5.05. The number of nitrogens with one attached hydrogen (secondary N) is 3. The van der Waals surface area contributed by atoms with Crippen molar-refractivity contribution in [3.05, 3.63) is 0 Å². The van der Waals surface area contributed by atoms with Crippen molar-refractivity contribution >= 4 is 48.2 Å². The minimum Gasteiger partial charge on any atom is -0.480 e. The molecule has 0 heterocycles. The minimum absolute atomic E-state index is 0.0487. The second-order valence-corrected chi connectivity index (χ2v) is 8.30. The number of nitrogens with zero attached hydrogens (tertiary/aromatic N) is 1. The Hall–Kier alpha value is -3.07. The van der Waals surface area contributed by atoms with E-state index in [-0.39, 0.29) is 37.5 Å². The third-order valence-electron chi connectivity index (χ3n) is 4.65. The van der Waals surface area contributed by atoms with E-state index in [1.54, 1.807) is 13.8 Å². The highest BCUT2D eigenvalue weighted by Crippen LogP contribution is 2.07. The number of carboxylic acid groups (broad SMARTS) is 1. The van der Waals surface area contributed by atoms with E-state index in [0.29, 0.717) is 6.42 Å². The molecule has 194 valence electrons. The van der Waals surface area contributed by atoms with Crippen LogP contribution in [0.4, 0.5) is 0 Å². The summed E-state index contributed by atoms with van der Waals surface area (Å²) in [4.78, 5) is 64.1. The zero-order valence-electron chi connectivity index (χ0n) is 19.3. The number of carboxylic acids is 1. The van der Waals surface area contributed by atoms with Crippen molar-refractivity contribution in [2.45, 2.75) is 63.7 Å². The van der Waals surface area contributed by atoms with Crippen LogP contribution in [-0.2, 0) is 24.0 Å². The summed E-state index contributed by atoms with van der Waals surface area (Å²) < 4.78 is 0. The molecule has 4 amide bonds. The first kappa shape index (κ1) is 30.9. The zero-order chi connectivity index (χ0) is 26.4. The summed E-state index contributed by atoms with van der Waals surface area (Å²) in [5, 5.41) is 16.7. The Balaban J connectivity index is 5.45. The molecule has 0 aliphatic heterocycles. The molecule has 0 saturated heterocycles. The molecular weight excluding hydrogens is 468 g/mol. The van der Waals surface area contributed by atoms with Gasteiger partial charge in [0.1, 0.15) is 18.1 Å². The van der Waals surface area contributed by atoms with Crippen LogP contribution in [0.1, 0.15) is 39.5 Å². The van der Waals surface area contributed by atoms with E-state index in [9.17, 15) is 29.1 Å². The molecule has 0 saturated carbocycles. The molecule has 0 bridgehead atoms. The van der Waals surface area contributed by atoms with Gasteiger partial charge in [-0.1, -0.05) is 13.8 Å². The third kappa shape index (κ3) is 12.2. The molecule has 0 fully saturated rings. The number of hydrogen-bond donors (Lipinski definition) is 9. The normalized spacial score (nSPS) is 14.3. The summed E-state index contributed by atoms with van der Waals surface area (Å²) in [6, 6.07) is -4.52. The van der Waals surface area contributed by atoms with Crippen LogP contribution < -0.4 is 38.9 Å². The van der Waals surface area contributed by atoms with Crippen LogP contribution in [0.25, 0.3) is 0 Å². The Labute approximate surface area is 203 Å². The van der Waals surface area contributed by atoms with Crippen molar-refractivity contribution in [2.75, 3.05) is 12.3 Å². The topological polar surface area (TPSA) is 258 Å². The number of amides is 4. The first-order valence-electron chi connectivity index (χ1n) is 10.6. The number of carbonyl (C=O) groups excluding carboxylic acids is 4. The van der Waals surface area contributed by atoms with Crippen molar-refractivity contribution in [1.82, 2.24) is 16.0 Å². The van der Waals surface area contributed by atoms with E-state index < -0.39 is 59.7 Å². The molecule has 4 unspecified atom stereocenters. The molecule has 34 heavy (non-hydrogen) atoms. The molecule has 12 N–H and O–H groups in total. The lowest BCUT2D eigenvalue weighted by Gasteiger charge is -2.27. The lowest BCUT2D eigenvalue weighted by Crippen LogP contribution is -2.58. The molecule has 0 aliphatic rings. The molecule has 4 atom stereocenters. The molecule has 0 aromatic carbocycles. The monoisotopic (exact) mass is 504 g/mol. The smallest absolute Gasteiger partial charge is 0.326 e. The van der Waals surface area contributed by atoms with Gasteiger partial charge in [0.15, 0.2) is 5.96 Å². The number of carbonyl (C=O) groups is 5. The Morgan fingerprint density at radius 3 is 1.97 bits per heavy atom. The fourth-order valence-corrected chi connectivity index (χ4v) is 2.89. The quantitative estimate of drug-likeness (QED) is 0.0442. The van der Waals surface area contributed by atoms with Crippen LogP contribution in [0.15, 0.2) is 4.99 Å². The van der Waals surface area contributed by atoms with Crippen molar-refractivity contribution in [3.63, 3.8) is 0 Å². The number of guanidine groups is 1. The van der Waals surface area contributed by atoms with Gasteiger partial charge >= 0.3 is 5.97 Å². The maximum absolute atomic E-state index is 12.9. The first-order valence-corrected chi connectivity index (χ1v) is 11.3. The predicted octanol–water partition coefficient (Wildman–Crippen LogP) is -3.24. The van der Waals surface area contributed by atoms with Crippen molar-refractivity contribution in [2.24, 2.45) is 33.8 Å². The number of hydrogen-bond acceptors (Lipinski definition) is 8. The van der Waals surface area contributed by atoms with Gasteiger partial charge in [-0.2, -0.15) is 12.6 Å². The van der Waals surface area contributed by atoms with Gasteiger partial charge in [0, 0.05) is 18.7 Å². The second kappa shape index (κ2) is 15.7. The summed E-state index contributed by atoms with van der Waals surface area (Å²) in [6.45, 7) is 3.49. The molecular formula is C19H36N8O6S. The summed E-state index contributed by atoms with van der Waals surface area (Å²) in [6.07, 6.45) is 0.0150. The molecule has 0 spiro atoms. The summed E-state index contributed by atoms with van der Waals surface area (Å²) in [7, 11) is 0. The van der Waals surface area contributed by atoms with Crippen LogP contribution in [0, 0.1) is 5.92 Å². The van der Waals surface area contributed by atoms with Gasteiger partial charge in [0.25, 0.3) is 0 Å². The molecule has 14 nitrogen and oxygen atoms in total. The molecule has 15 heteroatoms. The van der Waals surface area contributed by atoms with Crippen LogP contribution in [0.2, 0.25) is 0 Å². The van der Waals surface area contributed by atoms with Gasteiger partial charge in [-0.15, -0.1) is 0 Å². The van der Waals surface area contributed by atoms with Gasteiger partial charge in [-0.25, -0.2) is 4.79 Å². The average Bonchev–Trinajstić information content (AvgIpc) is 2.74. The summed E-state index contributed by atoms with van der Waals surface area (Å²) in [5.41, 5.74) is 21.3. The maximum atomic E-state index is 12.9. The maximum Gasteiger partial charge on any atom is 0.326 e. The van der Waals surface area contributed by atoms with Gasteiger partial charge in [-0.3, -0.25) is 24.2 Å². The summed E-state index contributed by atoms with van der Waals surface area (Å²) >= 11 is 3.96. The second-order valence-electron chi connectivity index (χ2n) is 7.93. The van der Waals surface area contributed by atoms with Gasteiger partial charge in [0.05, 0.1) is 6.04 Å². The van der Waals surface area contributed by atoms with E-state index in [1.165, 1.54) is 0 Å². The molecule has 0 aromatic rings. The van der Waals surface area contributed by atoms with Crippen molar-refractivity contribution in [1.29, 1.82) is 0 Å². The predicted molar refractivity (Wildman–Crippen MR) is 128 cm³/mol. The highest BCUT2D eigenvalue weighted by atomic mass is 32.1. The number of aliphatic carboxylic acids is 1. The minimum atomic E-state index is -1.37. The van der Waals surface area contributed by atoms with E-state index in [4.69, 9.17) is 22.9 Å². The molecule has 0 radical (unpaired) electrons. The van der Waals surface area contributed by atoms with Crippen LogP contribution in [0.3, 0.4) is 0 Å². The Kier molecular flexibility index (Phi) is 14.3. The lowest BCUT2D eigenvalue weighted by molar-refractivity contribution is -0.143. The highest BCUT2D eigenvalue weighted by molar-refractivity contribution is 7.80. The fourth-order valence-electron chi connectivity index (χ4n) is 2.73. The average molecular weight is 505 g/mol. The number of primary amides is 1. The van der Waals surface area contributed by atoms with Crippen molar-refractivity contribution < 1.29 is 29.1 Å². The Morgan fingerprint density at radius 1 is 0.912 bits per heavy atom. The Bertz CT molecular complexity index is 759. The van der Waals surface area contributed by atoms with E-state index in [2.05, 4.69) is 33.6 Å². The largest absolute Gasteiger partial charge is 0.480 e. The van der Waals surface area contributed by atoms with E-state index >= 15 is 0 Å². The molecule has 0 rings (SSSR count). The van der Waals surface area contributed by atoms with Gasteiger partial charge in [0.2, 0.25) is 23.6 Å². The van der Waals surface area contributed by atoms with Crippen LogP contribution >= 0.6 is 12.6 Å². The fraction of sp³-hybridized carbons (Fsp3) is 0.684.